The lowest BCUT2D eigenvalue weighted by Crippen LogP contribution is -2.25. The second-order valence-corrected chi connectivity index (χ2v) is 8.48. The lowest BCUT2D eigenvalue weighted by atomic mass is 10.2. The molecule has 2 aromatic carbocycles. The fourth-order valence-electron chi connectivity index (χ4n) is 2.47. The van der Waals surface area contributed by atoms with Crippen LogP contribution in [0.1, 0.15) is 16.1 Å². The van der Waals surface area contributed by atoms with Crippen molar-refractivity contribution in [3.8, 4) is 0 Å². The van der Waals surface area contributed by atoms with E-state index in [-0.39, 0.29) is 24.0 Å². The maximum Gasteiger partial charge on any atom is 0.291 e. The van der Waals surface area contributed by atoms with Gasteiger partial charge in [0.2, 0.25) is 10.0 Å². The number of hydrogen-bond donors (Lipinski definition) is 2. The molecule has 0 radical (unpaired) electrons. The van der Waals surface area contributed by atoms with Gasteiger partial charge in [-0.25, -0.2) is 13.1 Å². The summed E-state index contributed by atoms with van der Waals surface area (Å²) in [6.07, 6.45) is 1.48. The van der Waals surface area contributed by atoms with E-state index in [1.54, 1.807) is 30.3 Å². The Morgan fingerprint density at radius 3 is 2.59 bits per heavy atom. The number of fused-ring (bicyclic) bond motifs is 1. The van der Waals surface area contributed by atoms with E-state index in [9.17, 15) is 13.2 Å². The SMILES string of the molecule is C=CCNS(=O)(=O)Cc1ccc(NC(=O)c2cc3cccc(Br)c3o2)cc1. The molecule has 8 heteroatoms. The van der Waals surface area contributed by atoms with Crippen molar-refractivity contribution in [1.29, 1.82) is 0 Å². The zero-order chi connectivity index (χ0) is 19.4. The number of hydrogen-bond acceptors (Lipinski definition) is 4. The number of halogens is 1. The van der Waals surface area contributed by atoms with Crippen molar-refractivity contribution in [3.63, 3.8) is 0 Å². The molecule has 0 atom stereocenters. The van der Waals surface area contributed by atoms with Crippen molar-refractivity contribution >= 4 is 48.5 Å². The maximum absolute atomic E-state index is 12.4. The Morgan fingerprint density at radius 2 is 1.93 bits per heavy atom. The molecule has 27 heavy (non-hydrogen) atoms. The molecule has 0 unspecified atom stereocenters. The summed E-state index contributed by atoms with van der Waals surface area (Å²) < 4.78 is 32.5. The van der Waals surface area contributed by atoms with Gasteiger partial charge in [-0.15, -0.1) is 6.58 Å². The summed E-state index contributed by atoms with van der Waals surface area (Å²) in [6.45, 7) is 3.66. The molecule has 0 aliphatic carbocycles. The van der Waals surface area contributed by atoms with Crippen LogP contribution in [0, 0.1) is 0 Å². The third-order valence-electron chi connectivity index (χ3n) is 3.74. The van der Waals surface area contributed by atoms with Gasteiger partial charge in [0.25, 0.3) is 5.91 Å². The van der Waals surface area contributed by atoms with E-state index in [2.05, 4.69) is 32.5 Å². The van der Waals surface area contributed by atoms with Gasteiger partial charge in [-0.05, 0) is 45.8 Å². The fraction of sp³-hybridized carbons (Fsp3) is 0.105. The fourth-order valence-corrected chi connectivity index (χ4v) is 4.04. The number of rotatable bonds is 7. The number of sulfonamides is 1. The summed E-state index contributed by atoms with van der Waals surface area (Å²) in [5.41, 5.74) is 1.76. The molecule has 1 heterocycles. The summed E-state index contributed by atoms with van der Waals surface area (Å²) in [5, 5.41) is 3.56. The average molecular weight is 449 g/mol. The smallest absolute Gasteiger partial charge is 0.291 e. The number of carbonyl (C=O) groups is 1. The number of amides is 1. The Morgan fingerprint density at radius 1 is 1.19 bits per heavy atom. The van der Waals surface area contributed by atoms with Gasteiger partial charge in [0.05, 0.1) is 10.2 Å². The monoisotopic (exact) mass is 448 g/mol. The topological polar surface area (TPSA) is 88.4 Å². The van der Waals surface area contributed by atoms with Crippen molar-refractivity contribution in [2.45, 2.75) is 5.75 Å². The predicted octanol–water partition coefficient (Wildman–Crippen LogP) is 4.05. The molecule has 3 aromatic rings. The Labute approximate surface area is 165 Å². The van der Waals surface area contributed by atoms with Crippen LogP contribution in [0.5, 0.6) is 0 Å². The van der Waals surface area contributed by atoms with Gasteiger partial charge in [-0.1, -0.05) is 30.3 Å². The van der Waals surface area contributed by atoms with E-state index < -0.39 is 10.0 Å². The maximum atomic E-state index is 12.4. The molecule has 0 saturated carbocycles. The third kappa shape index (κ3) is 4.85. The van der Waals surface area contributed by atoms with Crippen molar-refractivity contribution in [3.05, 3.63) is 77.0 Å². The minimum Gasteiger partial charge on any atom is -0.450 e. The summed E-state index contributed by atoms with van der Waals surface area (Å²) in [4.78, 5) is 12.4. The number of para-hydroxylation sites is 1. The molecule has 0 bridgehead atoms. The van der Waals surface area contributed by atoms with Crippen molar-refractivity contribution in [1.82, 2.24) is 4.72 Å². The minimum atomic E-state index is -3.42. The molecule has 1 aromatic heterocycles. The van der Waals surface area contributed by atoms with Gasteiger partial charge in [-0.3, -0.25) is 4.79 Å². The van der Waals surface area contributed by atoms with E-state index in [1.807, 2.05) is 18.2 Å². The molecule has 6 nitrogen and oxygen atoms in total. The van der Waals surface area contributed by atoms with E-state index in [0.29, 0.717) is 16.8 Å². The van der Waals surface area contributed by atoms with Gasteiger partial charge < -0.3 is 9.73 Å². The number of carbonyl (C=O) groups excluding carboxylic acids is 1. The second kappa shape index (κ2) is 8.08. The Hall–Kier alpha value is -2.42. The number of furan rings is 1. The highest BCUT2D eigenvalue weighted by Crippen LogP contribution is 2.27. The van der Waals surface area contributed by atoms with Gasteiger partial charge >= 0.3 is 0 Å². The molecule has 140 valence electrons. The van der Waals surface area contributed by atoms with E-state index >= 15 is 0 Å². The van der Waals surface area contributed by atoms with Gasteiger partial charge in [0.1, 0.15) is 5.58 Å². The Balaban J connectivity index is 1.69. The molecule has 0 spiro atoms. The normalized spacial score (nSPS) is 11.4. The summed E-state index contributed by atoms with van der Waals surface area (Å²) in [5.74, 6) is -0.338. The zero-order valence-electron chi connectivity index (χ0n) is 14.2. The standard InChI is InChI=1S/C19H17BrN2O4S/c1-2-10-21-27(24,25)12-13-6-8-15(9-7-13)22-19(23)17-11-14-4-3-5-16(20)18(14)26-17/h2-9,11,21H,1,10,12H2,(H,22,23). The van der Waals surface area contributed by atoms with Crippen LogP contribution >= 0.6 is 15.9 Å². The zero-order valence-corrected chi connectivity index (χ0v) is 16.6. The Bertz CT molecular complexity index is 1090. The first-order valence-corrected chi connectivity index (χ1v) is 10.5. The quantitative estimate of drug-likeness (QED) is 0.533. The first kappa shape index (κ1) is 19.3. The van der Waals surface area contributed by atoms with Crippen LogP contribution in [0.2, 0.25) is 0 Å². The molecular formula is C19H17BrN2O4S. The molecule has 0 aliphatic heterocycles. The van der Waals surface area contributed by atoms with Crippen LogP contribution < -0.4 is 10.0 Å². The number of nitrogens with one attached hydrogen (secondary N) is 2. The highest BCUT2D eigenvalue weighted by Gasteiger charge is 2.14. The van der Waals surface area contributed by atoms with E-state index in [0.717, 1.165) is 9.86 Å². The molecule has 0 saturated heterocycles. The van der Waals surface area contributed by atoms with Crippen molar-refractivity contribution in [2.24, 2.45) is 0 Å². The highest BCUT2D eigenvalue weighted by molar-refractivity contribution is 9.10. The highest BCUT2D eigenvalue weighted by atomic mass is 79.9. The summed E-state index contributed by atoms with van der Waals surface area (Å²) in [6, 6.07) is 13.8. The van der Waals surface area contributed by atoms with Crippen molar-refractivity contribution < 1.29 is 17.6 Å². The van der Waals surface area contributed by atoms with Crippen LogP contribution in [0.25, 0.3) is 11.0 Å². The molecular weight excluding hydrogens is 432 g/mol. The second-order valence-electron chi connectivity index (χ2n) is 5.82. The van der Waals surface area contributed by atoms with E-state index in [1.165, 1.54) is 6.08 Å². The first-order valence-electron chi connectivity index (χ1n) is 8.04. The number of benzene rings is 2. The van der Waals surface area contributed by atoms with Crippen molar-refractivity contribution in [2.75, 3.05) is 11.9 Å². The molecule has 0 fully saturated rings. The van der Waals surface area contributed by atoms with Gasteiger partial charge in [0, 0.05) is 17.6 Å². The van der Waals surface area contributed by atoms with Crippen LogP contribution in [0.4, 0.5) is 5.69 Å². The molecule has 3 rings (SSSR count). The average Bonchev–Trinajstić information content (AvgIpc) is 3.07. The minimum absolute atomic E-state index is 0.146. The predicted molar refractivity (Wildman–Crippen MR) is 109 cm³/mol. The molecule has 1 amide bonds. The first-order chi connectivity index (χ1) is 12.9. The van der Waals surface area contributed by atoms with Crippen LogP contribution in [-0.2, 0) is 15.8 Å². The summed E-state index contributed by atoms with van der Waals surface area (Å²) >= 11 is 3.39. The van der Waals surface area contributed by atoms with Crippen LogP contribution in [0.3, 0.4) is 0 Å². The Kier molecular flexibility index (Phi) is 5.79. The van der Waals surface area contributed by atoms with Gasteiger partial charge in [0.15, 0.2) is 5.76 Å². The van der Waals surface area contributed by atoms with E-state index in [4.69, 9.17) is 4.42 Å². The third-order valence-corrected chi connectivity index (χ3v) is 5.68. The van der Waals surface area contributed by atoms with Crippen LogP contribution in [0.15, 0.2) is 70.1 Å². The molecule has 2 N–H and O–H groups in total. The largest absolute Gasteiger partial charge is 0.450 e. The number of anilines is 1. The molecule has 0 aliphatic rings. The van der Waals surface area contributed by atoms with Gasteiger partial charge in [-0.2, -0.15) is 0 Å². The lowest BCUT2D eigenvalue weighted by Gasteiger charge is -2.07. The lowest BCUT2D eigenvalue weighted by molar-refractivity contribution is 0.0998. The van der Waals surface area contributed by atoms with Crippen LogP contribution in [-0.4, -0.2) is 20.9 Å². The summed E-state index contributed by atoms with van der Waals surface area (Å²) in [7, 11) is -3.42.